The molecule has 2 aliphatic carbocycles. The Labute approximate surface area is 125 Å². The van der Waals surface area contributed by atoms with Gasteiger partial charge in [-0.2, -0.15) is 0 Å². The highest BCUT2D eigenvalue weighted by Crippen LogP contribution is 2.42. The maximum absolute atomic E-state index is 10.3. The highest BCUT2D eigenvalue weighted by atomic mass is 16.5. The second-order valence-electron chi connectivity index (χ2n) is 7.99. The number of aliphatic hydroxyl groups excluding tert-OH is 1. The number of rotatable bonds is 4. The molecule has 2 aliphatic rings. The zero-order valence-corrected chi connectivity index (χ0v) is 13.9. The van der Waals surface area contributed by atoms with Crippen molar-refractivity contribution in [3.63, 3.8) is 0 Å². The van der Waals surface area contributed by atoms with Gasteiger partial charge in [0, 0.05) is 0 Å². The van der Waals surface area contributed by atoms with Gasteiger partial charge in [0.2, 0.25) is 0 Å². The van der Waals surface area contributed by atoms with Gasteiger partial charge in [-0.1, -0.05) is 47.0 Å². The second kappa shape index (κ2) is 6.79. The summed E-state index contributed by atoms with van der Waals surface area (Å²) in [5, 5.41) is 10.3. The van der Waals surface area contributed by atoms with E-state index in [0.717, 1.165) is 25.2 Å². The fraction of sp³-hybridized carbons (Fsp3) is 1.00. The molecule has 2 saturated carbocycles. The molecule has 0 heterocycles. The summed E-state index contributed by atoms with van der Waals surface area (Å²) in [5.74, 6) is 1.49. The molecule has 0 spiro atoms. The molecule has 20 heavy (non-hydrogen) atoms. The van der Waals surface area contributed by atoms with Crippen molar-refractivity contribution >= 4 is 0 Å². The summed E-state index contributed by atoms with van der Waals surface area (Å²) < 4.78 is 6.33. The van der Waals surface area contributed by atoms with Gasteiger partial charge in [-0.3, -0.25) is 0 Å². The fourth-order valence-electron chi connectivity index (χ4n) is 4.01. The number of hydrogen-bond acceptors (Lipinski definition) is 2. The minimum Gasteiger partial charge on any atom is -0.390 e. The molecule has 5 unspecified atom stereocenters. The van der Waals surface area contributed by atoms with E-state index in [4.69, 9.17) is 4.74 Å². The van der Waals surface area contributed by atoms with Gasteiger partial charge in [0.05, 0.1) is 18.3 Å². The maximum Gasteiger partial charge on any atom is 0.0840 e. The monoisotopic (exact) mass is 282 g/mol. The van der Waals surface area contributed by atoms with Crippen LogP contribution in [0.3, 0.4) is 0 Å². The van der Waals surface area contributed by atoms with Gasteiger partial charge in [-0.25, -0.2) is 0 Å². The summed E-state index contributed by atoms with van der Waals surface area (Å²) in [5.41, 5.74) is 0.377. The number of hydrogen-bond donors (Lipinski definition) is 1. The van der Waals surface area contributed by atoms with E-state index >= 15 is 0 Å². The topological polar surface area (TPSA) is 29.5 Å². The molecular weight excluding hydrogens is 248 g/mol. The summed E-state index contributed by atoms with van der Waals surface area (Å²) in [6.45, 7) is 9.35. The van der Waals surface area contributed by atoms with Gasteiger partial charge in [0.15, 0.2) is 0 Å². The van der Waals surface area contributed by atoms with E-state index in [1.807, 2.05) is 0 Å². The molecule has 0 bridgehead atoms. The first-order chi connectivity index (χ1) is 9.42. The van der Waals surface area contributed by atoms with E-state index in [-0.39, 0.29) is 12.2 Å². The molecule has 5 atom stereocenters. The molecule has 0 aromatic heterocycles. The van der Waals surface area contributed by atoms with E-state index in [1.54, 1.807) is 0 Å². The van der Waals surface area contributed by atoms with Crippen molar-refractivity contribution in [2.75, 3.05) is 0 Å². The van der Waals surface area contributed by atoms with Crippen molar-refractivity contribution in [3.05, 3.63) is 0 Å². The minimum absolute atomic E-state index is 0.0786. The van der Waals surface area contributed by atoms with Crippen LogP contribution in [0.4, 0.5) is 0 Å². The molecule has 0 aromatic carbocycles. The Bertz CT molecular complexity index is 300. The van der Waals surface area contributed by atoms with Crippen molar-refractivity contribution in [2.24, 2.45) is 17.3 Å². The summed E-state index contributed by atoms with van der Waals surface area (Å²) in [4.78, 5) is 0. The molecular formula is C18H34O2. The predicted octanol–water partition coefficient (Wildman–Crippen LogP) is 4.55. The van der Waals surface area contributed by atoms with Crippen molar-refractivity contribution in [1.29, 1.82) is 0 Å². The lowest BCUT2D eigenvalue weighted by Gasteiger charge is -2.43. The Hall–Kier alpha value is -0.0800. The highest BCUT2D eigenvalue weighted by molar-refractivity contribution is 4.88. The van der Waals surface area contributed by atoms with Crippen LogP contribution in [-0.2, 0) is 4.74 Å². The van der Waals surface area contributed by atoms with Crippen LogP contribution >= 0.6 is 0 Å². The van der Waals surface area contributed by atoms with Crippen LogP contribution in [0.2, 0.25) is 0 Å². The van der Waals surface area contributed by atoms with Crippen molar-refractivity contribution in [3.8, 4) is 0 Å². The summed E-state index contributed by atoms with van der Waals surface area (Å²) in [6.07, 6.45) is 9.57. The zero-order valence-electron chi connectivity index (χ0n) is 13.9. The molecule has 0 amide bonds. The Balaban J connectivity index is 1.92. The van der Waals surface area contributed by atoms with E-state index < -0.39 is 0 Å². The van der Waals surface area contributed by atoms with Crippen LogP contribution in [0.5, 0.6) is 0 Å². The molecule has 2 fully saturated rings. The maximum atomic E-state index is 10.3. The first-order valence-corrected chi connectivity index (χ1v) is 8.76. The second-order valence-corrected chi connectivity index (χ2v) is 7.99. The van der Waals surface area contributed by atoms with E-state index in [0.29, 0.717) is 17.4 Å². The third kappa shape index (κ3) is 3.98. The van der Waals surface area contributed by atoms with E-state index in [1.165, 1.54) is 32.1 Å². The average Bonchev–Trinajstić information content (AvgIpc) is 2.41. The smallest absolute Gasteiger partial charge is 0.0840 e. The third-order valence-electron chi connectivity index (χ3n) is 6.03. The molecule has 1 N–H and O–H groups in total. The van der Waals surface area contributed by atoms with Gasteiger partial charge in [-0.05, 0) is 49.4 Å². The molecule has 2 nitrogen and oxygen atoms in total. The zero-order chi connectivity index (χ0) is 14.8. The van der Waals surface area contributed by atoms with E-state index in [9.17, 15) is 5.11 Å². The lowest BCUT2D eigenvalue weighted by Crippen LogP contribution is -2.42. The largest absolute Gasteiger partial charge is 0.390 e. The summed E-state index contributed by atoms with van der Waals surface area (Å²) >= 11 is 0. The molecule has 2 heteroatoms. The molecule has 0 saturated heterocycles. The fourth-order valence-corrected chi connectivity index (χ4v) is 4.01. The van der Waals surface area contributed by atoms with Gasteiger partial charge in [0.25, 0.3) is 0 Å². The first kappa shape index (κ1) is 16.3. The van der Waals surface area contributed by atoms with Crippen molar-refractivity contribution in [2.45, 2.75) is 97.4 Å². The van der Waals surface area contributed by atoms with E-state index in [2.05, 4.69) is 27.7 Å². The van der Waals surface area contributed by atoms with Crippen LogP contribution in [0.25, 0.3) is 0 Å². The van der Waals surface area contributed by atoms with Crippen molar-refractivity contribution in [1.82, 2.24) is 0 Å². The minimum atomic E-state index is -0.240. The lowest BCUT2D eigenvalue weighted by molar-refractivity contribution is -0.126. The standard InChI is InChI=1S/C18H34O2/c1-5-18(3,4)14-9-10-16(19)17(12-14)20-15-8-6-7-13(2)11-15/h13-17,19H,5-12H2,1-4H3. The van der Waals surface area contributed by atoms with Crippen molar-refractivity contribution < 1.29 is 9.84 Å². The Kier molecular flexibility index (Phi) is 5.53. The lowest BCUT2D eigenvalue weighted by atomic mass is 9.68. The predicted molar refractivity (Wildman–Crippen MR) is 83.7 cm³/mol. The Morgan fingerprint density at radius 3 is 2.50 bits per heavy atom. The molecule has 0 radical (unpaired) electrons. The number of aliphatic hydroxyl groups is 1. The highest BCUT2D eigenvalue weighted by Gasteiger charge is 2.38. The van der Waals surface area contributed by atoms with Gasteiger partial charge < -0.3 is 9.84 Å². The number of ether oxygens (including phenoxy) is 1. The summed E-state index contributed by atoms with van der Waals surface area (Å²) in [7, 11) is 0. The van der Waals surface area contributed by atoms with Gasteiger partial charge >= 0.3 is 0 Å². The van der Waals surface area contributed by atoms with Crippen LogP contribution in [-0.4, -0.2) is 23.4 Å². The average molecular weight is 282 g/mol. The molecule has 0 aromatic rings. The SMILES string of the molecule is CCC(C)(C)C1CCC(O)C(OC2CCCC(C)C2)C1. The van der Waals surface area contributed by atoms with Crippen LogP contribution < -0.4 is 0 Å². The van der Waals surface area contributed by atoms with Gasteiger partial charge in [-0.15, -0.1) is 0 Å². The van der Waals surface area contributed by atoms with Crippen LogP contribution in [0.15, 0.2) is 0 Å². The van der Waals surface area contributed by atoms with Crippen LogP contribution in [0.1, 0.15) is 79.1 Å². The Morgan fingerprint density at radius 1 is 1.10 bits per heavy atom. The Morgan fingerprint density at radius 2 is 1.85 bits per heavy atom. The van der Waals surface area contributed by atoms with Gasteiger partial charge in [0.1, 0.15) is 0 Å². The third-order valence-corrected chi connectivity index (χ3v) is 6.03. The molecule has 2 rings (SSSR count). The normalized spacial score (nSPS) is 39.8. The summed E-state index contributed by atoms with van der Waals surface area (Å²) in [6, 6.07) is 0. The molecule has 0 aliphatic heterocycles. The molecule has 118 valence electrons. The van der Waals surface area contributed by atoms with Crippen LogP contribution in [0, 0.1) is 17.3 Å². The first-order valence-electron chi connectivity index (χ1n) is 8.76. The quantitative estimate of drug-likeness (QED) is 0.820.